The Balaban J connectivity index is 1.96. The molecule has 1 unspecified atom stereocenters. The Hall–Kier alpha value is -1.72. The monoisotopic (exact) mass is 333 g/mol. The van der Waals surface area contributed by atoms with Crippen molar-refractivity contribution in [1.82, 2.24) is 4.90 Å². The molecule has 122 valence electrons. The van der Waals surface area contributed by atoms with E-state index in [0.717, 1.165) is 31.1 Å². The van der Waals surface area contributed by atoms with Gasteiger partial charge in [0.25, 0.3) is 0 Å². The van der Waals surface area contributed by atoms with Crippen molar-refractivity contribution in [2.24, 2.45) is 0 Å². The molecule has 0 radical (unpaired) electrons. The topological polar surface area (TPSA) is 37.4 Å². The first-order valence-corrected chi connectivity index (χ1v) is 9.16. The van der Waals surface area contributed by atoms with Crippen molar-refractivity contribution in [2.45, 2.75) is 29.1 Å². The lowest BCUT2D eigenvalue weighted by Crippen LogP contribution is -2.13. The average molecular weight is 333 g/mol. The number of likely N-dealkylation sites (tertiary alicyclic amines) is 1. The third-order valence-corrected chi connectivity index (χ3v) is 6.24. The van der Waals surface area contributed by atoms with E-state index in [0.29, 0.717) is 5.92 Å². The van der Waals surface area contributed by atoms with Crippen molar-refractivity contribution in [1.29, 1.82) is 0 Å². The number of likely N-dealkylation sites (N-methyl/N-ethyl adjacent to an activating group) is 1. The highest BCUT2D eigenvalue weighted by Gasteiger charge is 2.24. The molecule has 1 aliphatic heterocycles. The minimum absolute atomic E-state index is 0.00903. The molecule has 1 heterocycles. The Morgan fingerprint density at radius 1 is 1.13 bits per heavy atom. The SMILES string of the molecule is Cc1cc(S(=O)(=O)c2cccc(F)c2)ccc1C1CCN(C)C1. The van der Waals surface area contributed by atoms with Crippen molar-refractivity contribution in [2.75, 3.05) is 20.1 Å². The average Bonchev–Trinajstić information content (AvgIpc) is 2.93. The summed E-state index contributed by atoms with van der Waals surface area (Å²) in [4.78, 5) is 2.49. The number of sulfone groups is 1. The fourth-order valence-corrected chi connectivity index (χ4v) is 4.61. The number of aryl methyl sites for hydroxylation is 1. The minimum atomic E-state index is -3.69. The molecule has 1 fully saturated rings. The first-order valence-electron chi connectivity index (χ1n) is 7.67. The molecule has 2 aromatic carbocycles. The molecule has 1 aliphatic rings. The van der Waals surface area contributed by atoms with E-state index in [1.54, 1.807) is 12.1 Å². The van der Waals surface area contributed by atoms with Gasteiger partial charge in [0.2, 0.25) is 9.84 Å². The highest BCUT2D eigenvalue weighted by atomic mass is 32.2. The second-order valence-corrected chi connectivity index (χ2v) is 8.18. The lowest BCUT2D eigenvalue weighted by molar-refractivity contribution is 0.411. The van der Waals surface area contributed by atoms with E-state index in [2.05, 4.69) is 11.9 Å². The van der Waals surface area contributed by atoms with Crippen LogP contribution in [0.3, 0.4) is 0 Å². The highest BCUT2D eigenvalue weighted by molar-refractivity contribution is 7.91. The van der Waals surface area contributed by atoms with Gasteiger partial charge in [-0.25, -0.2) is 12.8 Å². The van der Waals surface area contributed by atoms with Gasteiger partial charge in [-0.3, -0.25) is 0 Å². The van der Waals surface area contributed by atoms with E-state index >= 15 is 0 Å². The van der Waals surface area contributed by atoms with Gasteiger partial charge >= 0.3 is 0 Å². The largest absolute Gasteiger partial charge is 0.306 e. The van der Waals surface area contributed by atoms with Crippen LogP contribution in [0.4, 0.5) is 4.39 Å². The fraction of sp³-hybridized carbons (Fsp3) is 0.333. The van der Waals surface area contributed by atoms with Gasteiger partial charge in [-0.05, 0) is 74.3 Å². The molecule has 3 nitrogen and oxygen atoms in total. The van der Waals surface area contributed by atoms with Crippen LogP contribution < -0.4 is 0 Å². The molecule has 0 spiro atoms. The van der Waals surface area contributed by atoms with Gasteiger partial charge in [-0.15, -0.1) is 0 Å². The van der Waals surface area contributed by atoms with Crippen molar-refractivity contribution in [3.63, 3.8) is 0 Å². The quantitative estimate of drug-likeness (QED) is 0.864. The Morgan fingerprint density at radius 2 is 1.87 bits per heavy atom. The maximum absolute atomic E-state index is 13.3. The van der Waals surface area contributed by atoms with Gasteiger partial charge in [0, 0.05) is 6.54 Å². The summed E-state index contributed by atoms with van der Waals surface area (Å²) in [5, 5.41) is 0. The van der Waals surface area contributed by atoms with Gasteiger partial charge < -0.3 is 4.90 Å². The van der Waals surface area contributed by atoms with Crippen molar-refractivity contribution in [3.05, 3.63) is 59.4 Å². The van der Waals surface area contributed by atoms with Crippen LogP contribution in [0.25, 0.3) is 0 Å². The van der Waals surface area contributed by atoms with Crippen LogP contribution in [-0.4, -0.2) is 33.5 Å². The van der Waals surface area contributed by atoms with E-state index < -0.39 is 15.7 Å². The van der Waals surface area contributed by atoms with Crippen LogP contribution in [0.2, 0.25) is 0 Å². The third-order valence-electron chi connectivity index (χ3n) is 4.49. The van der Waals surface area contributed by atoms with Crippen molar-refractivity contribution < 1.29 is 12.8 Å². The predicted octanol–water partition coefficient (Wildman–Crippen LogP) is 3.39. The van der Waals surface area contributed by atoms with E-state index in [9.17, 15) is 12.8 Å². The zero-order valence-electron chi connectivity index (χ0n) is 13.3. The first kappa shape index (κ1) is 16.1. The zero-order valence-corrected chi connectivity index (χ0v) is 14.1. The van der Waals surface area contributed by atoms with E-state index in [4.69, 9.17) is 0 Å². The molecule has 0 N–H and O–H groups in total. The molecule has 0 saturated carbocycles. The van der Waals surface area contributed by atoms with Gasteiger partial charge in [0.05, 0.1) is 9.79 Å². The van der Waals surface area contributed by atoms with E-state index in [1.807, 2.05) is 13.0 Å². The summed E-state index contributed by atoms with van der Waals surface area (Å²) in [6.45, 7) is 4.00. The lowest BCUT2D eigenvalue weighted by Gasteiger charge is -2.15. The van der Waals surface area contributed by atoms with Crippen LogP contribution >= 0.6 is 0 Å². The van der Waals surface area contributed by atoms with E-state index in [1.165, 1.54) is 23.8 Å². The predicted molar refractivity (Wildman–Crippen MR) is 87.9 cm³/mol. The van der Waals surface area contributed by atoms with Gasteiger partial charge in [0.15, 0.2) is 0 Å². The first-order chi connectivity index (χ1) is 10.9. The Morgan fingerprint density at radius 3 is 2.48 bits per heavy atom. The molecule has 1 saturated heterocycles. The van der Waals surface area contributed by atoms with Crippen molar-refractivity contribution in [3.8, 4) is 0 Å². The number of hydrogen-bond donors (Lipinski definition) is 0. The molecule has 0 amide bonds. The van der Waals surface area contributed by atoms with Crippen LogP contribution in [-0.2, 0) is 9.84 Å². The molecule has 0 aromatic heterocycles. The van der Waals surface area contributed by atoms with Gasteiger partial charge in [-0.1, -0.05) is 12.1 Å². The fourth-order valence-electron chi connectivity index (χ4n) is 3.23. The van der Waals surface area contributed by atoms with E-state index in [-0.39, 0.29) is 9.79 Å². The minimum Gasteiger partial charge on any atom is -0.306 e. The molecular formula is C18H20FNO2S. The zero-order chi connectivity index (χ0) is 16.6. The van der Waals surface area contributed by atoms with Crippen LogP contribution in [0.5, 0.6) is 0 Å². The molecule has 1 atom stereocenters. The molecule has 5 heteroatoms. The molecule has 23 heavy (non-hydrogen) atoms. The van der Waals surface area contributed by atoms with Crippen LogP contribution in [0, 0.1) is 12.7 Å². The summed E-state index contributed by atoms with van der Waals surface area (Å²) in [5.41, 5.74) is 2.18. The summed E-state index contributed by atoms with van der Waals surface area (Å²) in [5.74, 6) is -0.0978. The van der Waals surface area contributed by atoms with Gasteiger partial charge in [0.1, 0.15) is 5.82 Å². The second kappa shape index (κ2) is 6.06. The summed E-state index contributed by atoms with van der Waals surface area (Å²) in [7, 11) is -1.59. The molecular weight excluding hydrogens is 313 g/mol. The summed E-state index contributed by atoms with van der Waals surface area (Å²) in [6.07, 6.45) is 1.09. The number of rotatable bonds is 3. The van der Waals surface area contributed by atoms with Crippen LogP contribution in [0.15, 0.2) is 52.3 Å². The van der Waals surface area contributed by atoms with Crippen molar-refractivity contribution >= 4 is 9.84 Å². The Labute approximate surface area is 136 Å². The van der Waals surface area contributed by atoms with Gasteiger partial charge in [-0.2, -0.15) is 0 Å². The molecule has 2 aromatic rings. The maximum Gasteiger partial charge on any atom is 0.206 e. The molecule has 0 aliphatic carbocycles. The summed E-state index contributed by atoms with van der Waals surface area (Å²) in [6, 6.07) is 10.4. The number of hydrogen-bond acceptors (Lipinski definition) is 3. The molecule has 3 rings (SSSR count). The second-order valence-electron chi connectivity index (χ2n) is 6.23. The number of halogens is 1. The lowest BCUT2D eigenvalue weighted by atomic mass is 9.94. The smallest absolute Gasteiger partial charge is 0.206 e. The summed E-state index contributed by atoms with van der Waals surface area (Å²) < 4.78 is 38.6. The van der Waals surface area contributed by atoms with Crippen LogP contribution in [0.1, 0.15) is 23.5 Å². The Kier molecular flexibility index (Phi) is 4.25. The highest BCUT2D eigenvalue weighted by Crippen LogP contribution is 2.31. The number of benzene rings is 2. The third kappa shape index (κ3) is 3.16. The standard InChI is InChI=1S/C18H20FNO2S/c1-13-10-17(6-7-18(13)14-8-9-20(2)12-14)23(21,22)16-5-3-4-15(19)11-16/h3-7,10-11,14H,8-9,12H2,1-2H3. The maximum atomic E-state index is 13.3. The molecule has 0 bridgehead atoms. The summed E-state index contributed by atoms with van der Waals surface area (Å²) >= 11 is 0. The number of nitrogens with zero attached hydrogens (tertiary/aromatic N) is 1. The normalized spacial score (nSPS) is 19.2. The Bertz CT molecular complexity index is 833.